The van der Waals surface area contributed by atoms with Crippen LogP contribution in [0.5, 0.6) is 0 Å². The summed E-state index contributed by atoms with van der Waals surface area (Å²) in [6, 6.07) is 9.16. The fourth-order valence-corrected chi connectivity index (χ4v) is 2.12. The van der Waals surface area contributed by atoms with E-state index in [9.17, 15) is 0 Å². The molecule has 3 heteroatoms. The lowest BCUT2D eigenvalue weighted by atomic mass is 9.84. The normalized spacial score (nSPS) is 12.1. The second kappa shape index (κ2) is 7.27. The molecule has 0 aliphatic rings. The lowest BCUT2D eigenvalue weighted by Gasteiger charge is -2.26. The lowest BCUT2D eigenvalue weighted by Crippen LogP contribution is -2.38. The van der Waals surface area contributed by atoms with E-state index < -0.39 is 0 Å². The zero-order valence-corrected chi connectivity index (χ0v) is 13.5. The van der Waals surface area contributed by atoms with E-state index in [1.807, 2.05) is 0 Å². The summed E-state index contributed by atoms with van der Waals surface area (Å²) in [6.07, 6.45) is 0. The third kappa shape index (κ3) is 5.51. The van der Waals surface area contributed by atoms with E-state index in [4.69, 9.17) is 0 Å². The van der Waals surface area contributed by atoms with Crippen LogP contribution in [0.1, 0.15) is 33.3 Å². The van der Waals surface area contributed by atoms with Crippen LogP contribution in [-0.4, -0.2) is 25.7 Å². The van der Waals surface area contributed by atoms with Gasteiger partial charge in [0.05, 0.1) is 0 Å². The number of hydrogen-bond donors (Lipinski definition) is 2. The Balaban J connectivity index is 2.37. The third-order valence-electron chi connectivity index (χ3n) is 3.05. The van der Waals surface area contributed by atoms with E-state index in [1.54, 1.807) is 0 Å². The summed E-state index contributed by atoms with van der Waals surface area (Å²) in [5, 5.41) is 6.93. The van der Waals surface area contributed by atoms with Crippen LogP contribution < -0.4 is 10.6 Å². The molecule has 0 saturated carbocycles. The van der Waals surface area contributed by atoms with E-state index in [0.717, 1.165) is 24.1 Å². The Morgan fingerprint density at radius 3 is 2.28 bits per heavy atom. The molecule has 1 rings (SSSR count). The maximum atomic E-state index is 3.52. The van der Waals surface area contributed by atoms with Crippen LogP contribution in [0.3, 0.4) is 0 Å². The maximum absolute atomic E-state index is 3.52. The van der Waals surface area contributed by atoms with E-state index >= 15 is 0 Å². The van der Waals surface area contributed by atoms with Gasteiger partial charge in [0, 0.05) is 35.6 Å². The van der Waals surface area contributed by atoms with Crippen LogP contribution >= 0.6 is 15.9 Å². The monoisotopic (exact) mass is 312 g/mol. The van der Waals surface area contributed by atoms with Crippen LogP contribution in [0, 0.1) is 0 Å². The molecule has 0 atom stereocenters. The molecule has 0 heterocycles. The van der Waals surface area contributed by atoms with Crippen molar-refractivity contribution < 1.29 is 0 Å². The standard InChI is InChI=1S/C15H25BrN2/c1-12(2)18-10-9-17-11-15(3,4)13-5-7-14(16)8-6-13/h5-8,12,17-18H,9-11H2,1-4H3. The number of nitrogens with one attached hydrogen (secondary N) is 2. The summed E-state index contributed by atoms with van der Waals surface area (Å²) >= 11 is 3.47. The molecule has 2 nitrogen and oxygen atoms in total. The third-order valence-corrected chi connectivity index (χ3v) is 3.58. The largest absolute Gasteiger partial charge is 0.315 e. The van der Waals surface area contributed by atoms with Crippen molar-refractivity contribution in [3.8, 4) is 0 Å². The van der Waals surface area contributed by atoms with Crippen molar-refractivity contribution in [2.75, 3.05) is 19.6 Å². The number of benzene rings is 1. The fourth-order valence-electron chi connectivity index (χ4n) is 1.85. The summed E-state index contributed by atoms with van der Waals surface area (Å²) in [7, 11) is 0. The molecule has 0 unspecified atom stereocenters. The summed E-state index contributed by atoms with van der Waals surface area (Å²) in [5.41, 5.74) is 1.54. The molecule has 0 bridgehead atoms. The maximum Gasteiger partial charge on any atom is 0.0175 e. The average molecular weight is 313 g/mol. The summed E-state index contributed by atoms with van der Waals surface area (Å²) in [4.78, 5) is 0. The minimum atomic E-state index is 0.165. The smallest absolute Gasteiger partial charge is 0.0175 e. The molecule has 18 heavy (non-hydrogen) atoms. The van der Waals surface area contributed by atoms with Crippen LogP contribution in [-0.2, 0) is 5.41 Å². The van der Waals surface area contributed by atoms with Crippen LogP contribution in [0.25, 0.3) is 0 Å². The Kier molecular flexibility index (Phi) is 6.33. The van der Waals surface area contributed by atoms with Gasteiger partial charge in [-0.25, -0.2) is 0 Å². The Labute approximate surface area is 120 Å². The highest BCUT2D eigenvalue weighted by Gasteiger charge is 2.19. The predicted octanol–water partition coefficient (Wildman–Crippen LogP) is 3.31. The zero-order chi connectivity index (χ0) is 13.6. The molecule has 0 saturated heterocycles. The first kappa shape index (κ1) is 15.7. The topological polar surface area (TPSA) is 24.1 Å². The highest BCUT2D eigenvalue weighted by Crippen LogP contribution is 2.23. The van der Waals surface area contributed by atoms with Gasteiger partial charge in [-0.1, -0.05) is 55.8 Å². The van der Waals surface area contributed by atoms with E-state index in [-0.39, 0.29) is 5.41 Å². The van der Waals surface area contributed by atoms with E-state index in [2.05, 4.69) is 78.5 Å². The molecule has 0 amide bonds. The van der Waals surface area contributed by atoms with Crippen LogP contribution in [0.2, 0.25) is 0 Å². The van der Waals surface area contributed by atoms with Gasteiger partial charge >= 0.3 is 0 Å². The van der Waals surface area contributed by atoms with Crippen molar-refractivity contribution >= 4 is 15.9 Å². The molecule has 102 valence electrons. The fraction of sp³-hybridized carbons (Fsp3) is 0.600. The molecule has 0 fully saturated rings. The van der Waals surface area contributed by atoms with Gasteiger partial charge in [-0.15, -0.1) is 0 Å². The molecule has 0 aromatic heterocycles. The molecule has 0 spiro atoms. The first-order valence-corrected chi connectivity index (χ1v) is 7.41. The van der Waals surface area contributed by atoms with Crippen molar-refractivity contribution in [3.05, 3.63) is 34.3 Å². The Morgan fingerprint density at radius 2 is 1.72 bits per heavy atom. The number of hydrogen-bond acceptors (Lipinski definition) is 2. The van der Waals surface area contributed by atoms with Crippen molar-refractivity contribution in [1.29, 1.82) is 0 Å². The number of halogens is 1. The molecule has 1 aromatic carbocycles. The highest BCUT2D eigenvalue weighted by molar-refractivity contribution is 9.10. The van der Waals surface area contributed by atoms with E-state index in [0.29, 0.717) is 6.04 Å². The summed E-state index contributed by atoms with van der Waals surface area (Å²) < 4.78 is 1.14. The van der Waals surface area contributed by atoms with Gasteiger partial charge in [0.15, 0.2) is 0 Å². The summed E-state index contributed by atoms with van der Waals surface area (Å²) in [5.74, 6) is 0. The molecule has 0 aliphatic heterocycles. The molecule has 0 aliphatic carbocycles. The minimum absolute atomic E-state index is 0.165. The Morgan fingerprint density at radius 1 is 1.11 bits per heavy atom. The first-order valence-electron chi connectivity index (χ1n) is 6.62. The Hall–Kier alpha value is -0.380. The van der Waals surface area contributed by atoms with Gasteiger partial charge < -0.3 is 10.6 Å². The molecular formula is C15H25BrN2. The van der Waals surface area contributed by atoms with E-state index in [1.165, 1.54) is 5.56 Å². The quantitative estimate of drug-likeness (QED) is 0.755. The Bertz CT molecular complexity index is 344. The van der Waals surface area contributed by atoms with Crippen LogP contribution in [0.15, 0.2) is 28.7 Å². The lowest BCUT2D eigenvalue weighted by molar-refractivity contribution is 0.458. The second-order valence-electron chi connectivity index (χ2n) is 5.68. The number of rotatable bonds is 7. The highest BCUT2D eigenvalue weighted by atomic mass is 79.9. The molecule has 1 aromatic rings. The molecular weight excluding hydrogens is 288 g/mol. The van der Waals surface area contributed by atoms with Gasteiger partial charge in [-0.05, 0) is 17.7 Å². The average Bonchev–Trinajstić information content (AvgIpc) is 2.28. The van der Waals surface area contributed by atoms with Crippen molar-refractivity contribution in [2.24, 2.45) is 0 Å². The van der Waals surface area contributed by atoms with Crippen molar-refractivity contribution in [2.45, 2.75) is 39.2 Å². The summed E-state index contributed by atoms with van der Waals surface area (Å²) in [6.45, 7) is 11.9. The van der Waals surface area contributed by atoms with Gasteiger partial charge in [0.1, 0.15) is 0 Å². The SMILES string of the molecule is CC(C)NCCNCC(C)(C)c1ccc(Br)cc1. The molecule has 2 N–H and O–H groups in total. The van der Waals surface area contributed by atoms with Crippen molar-refractivity contribution in [3.63, 3.8) is 0 Å². The minimum Gasteiger partial charge on any atom is -0.315 e. The first-order chi connectivity index (χ1) is 8.42. The van der Waals surface area contributed by atoms with Gasteiger partial charge in [-0.3, -0.25) is 0 Å². The second-order valence-corrected chi connectivity index (χ2v) is 6.59. The van der Waals surface area contributed by atoms with Gasteiger partial charge in [0.2, 0.25) is 0 Å². The van der Waals surface area contributed by atoms with Crippen LogP contribution in [0.4, 0.5) is 0 Å². The van der Waals surface area contributed by atoms with Gasteiger partial charge in [-0.2, -0.15) is 0 Å². The van der Waals surface area contributed by atoms with Crippen molar-refractivity contribution in [1.82, 2.24) is 10.6 Å². The predicted molar refractivity (Wildman–Crippen MR) is 83.2 cm³/mol. The van der Waals surface area contributed by atoms with Gasteiger partial charge in [0.25, 0.3) is 0 Å². The molecule has 0 radical (unpaired) electrons. The zero-order valence-electron chi connectivity index (χ0n) is 11.9.